The highest BCUT2D eigenvalue weighted by atomic mass is 14.9. The highest BCUT2D eigenvalue weighted by Gasteiger charge is 2.05. The van der Waals surface area contributed by atoms with Crippen molar-refractivity contribution in [3.8, 4) is 23.7 Å². The highest BCUT2D eigenvalue weighted by molar-refractivity contribution is 5.38. The van der Waals surface area contributed by atoms with E-state index in [1.54, 1.807) is 0 Å². The molecule has 2 aliphatic carbocycles. The van der Waals surface area contributed by atoms with Crippen LogP contribution in [0.1, 0.15) is 11.3 Å². The first-order valence-electron chi connectivity index (χ1n) is 7.04. The Morgan fingerprint density at radius 1 is 0.810 bits per heavy atom. The molecule has 1 nitrogen and oxygen atoms in total. The molecule has 0 spiro atoms. The SMILES string of the molecule is C[n+]1cc(C#CC2C=CC=C2)ccc1C#CC1C=CC=C1. The third kappa shape index (κ3) is 3.41. The molecule has 0 fully saturated rings. The fourth-order valence-electron chi connectivity index (χ4n) is 2.19. The Hall–Kier alpha value is -2.77. The first-order chi connectivity index (χ1) is 10.3. The lowest BCUT2D eigenvalue weighted by Crippen LogP contribution is -2.32. The van der Waals surface area contributed by atoms with Gasteiger partial charge in [0.15, 0.2) is 6.20 Å². The number of aryl methyl sites for hydroxylation is 1. The second-order valence-electron chi connectivity index (χ2n) is 5.04. The van der Waals surface area contributed by atoms with Crippen LogP contribution in [0.3, 0.4) is 0 Å². The van der Waals surface area contributed by atoms with Gasteiger partial charge in [-0.15, -0.1) is 0 Å². The number of nitrogens with zero attached hydrogens (tertiary/aromatic N) is 1. The van der Waals surface area contributed by atoms with Gasteiger partial charge in [0.2, 0.25) is 0 Å². The monoisotopic (exact) mass is 270 g/mol. The van der Waals surface area contributed by atoms with Gasteiger partial charge in [0.1, 0.15) is 7.05 Å². The van der Waals surface area contributed by atoms with Crippen molar-refractivity contribution in [1.29, 1.82) is 0 Å². The van der Waals surface area contributed by atoms with Crippen LogP contribution < -0.4 is 4.57 Å². The van der Waals surface area contributed by atoms with Gasteiger partial charge < -0.3 is 0 Å². The molecule has 0 amide bonds. The minimum absolute atomic E-state index is 0.241. The van der Waals surface area contributed by atoms with Crippen LogP contribution in [-0.4, -0.2) is 0 Å². The summed E-state index contributed by atoms with van der Waals surface area (Å²) < 4.78 is 2.03. The Bertz CT molecular complexity index is 759. The molecule has 2 aliphatic rings. The van der Waals surface area contributed by atoms with Crippen LogP contribution >= 0.6 is 0 Å². The van der Waals surface area contributed by atoms with Crippen molar-refractivity contribution in [2.45, 2.75) is 0 Å². The maximum atomic E-state index is 3.24. The molecule has 0 atom stereocenters. The number of pyridine rings is 1. The van der Waals surface area contributed by atoms with Crippen molar-refractivity contribution < 1.29 is 4.57 Å². The molecule has 100 valence electrons. The third-order valence-corrected chi connectivity index (χ3v) is 3.38. The lowest BCUT2D eigenvalue weighted by molar-refractivity contribution is -0.674. The van der Waals surface area contributed by atoms with Crippen LogP contribution in [0.5, 0.6) is 0 Å². The van der Waals surface area contributed by atoms with Crippen LogP contribution in [0.25, 0.3) is 0 Å². The highest BCUT2D eigenvalue weighted by Crippen LogP contribution is 2.08. The van der Waals surface area contributed by atoms with Gasteiger partial charge in [0, 0.05) is 12.0 Å². The van der Waals surface area contributed by atoms with E-state index in [4.69, 9.17) is 0 Å². The predicted octanol–water partition coefficient (Wildman–Crippen LogP) is 2.70. The van der Waals surface area contributed by atoms with Gasteiger partial charge in [-0.05, 0) is 6.07 Å². The van der Waals surface area contributed by atoms with E-state index in [2.05, 4.69) is 48.0 Å². The van der Waals surface area contributed by atoms with E-state index in [1.807, 2.05) is 54.2 Å². The molecule has 21 heavy (non-hydrogen) atoms. The van der Waals surface area contributed by atoms with E-state index in [0.29, 0.717) is 0 Å². The fourth-order valence-corrected chi connectivity index (χ4v) is 2.19. The minimum Gasteiger partial charge on any atom is -0.193 e. The second kappa shape index (κ2) is 6.12. The molecule has 0 aromatic carbocycles. The number of aromatic nitrogens is 1. The Labute approximate surface area is 126 Å². The number of rotatable bonds is 0. The van der Waals surface area contributed by atoms with Gasteiger partial charge in [-0.25, -0.2) is 0 Å². The molecular weight excluding hydrogens is 254 g/mol. The summed E-state index contributed by atoms with van der Waals surface area (Å²) in [7, 11) is 2.00. The predicted molar refractivity (Wildman–Crippen MR) is 84.9 cm³/mol. The zero-order chi connectivity index (χ0) is 14.5. The normalized spacial score (nSPS) is 15.9. The molecule has 0 unspecified atom stereocenters. The summed E-state index contributed by atoms with van der Waals surface area (Å²) in [6, 6.07) is 4.06. The second-order valence-corrected chi connectivity index (χ2v) is 5.04. The van der Waals surface area contributed by atoms with E-state index in [0.717, 1.165) is 11.3 Å². The molecule has 0 bridgehead atoms. The molecule has 3 rings (SSSR count). The van der Waals surface area contributed by atoms with Crippen molar-refractivity contribution in [3.05, 3.63) is 78.2 Å². The van der Waals surface area contributed by atoms with Crippen molar-refractivity contribution >= 4 is 0 Å². The Morgan fingerprint density at radius 3 is 1.95 bits per heavy atom. The van der Waals surface area contributed by atoms with Crippen molar-refractivity contribution in [1.82, 2.24) is 0 Å². The number of hydrogen-bond acceptors (Lipinski definition) is 0. The molecule has 0 N–H and O–H groups in total. The molecule has 1 aromatic rings. The summed E-state index contributed by atoms with van der Waals surface area (Å²) in [5.41, 5.74) is 2.01. The molecule has 1 heterocycles. The van der Waals surface area contributed by atoms with Crippen molar-refractivity contribution in [2.75, 3.05) is 0 Å². The maximum Gasteiger partial charge on any atom is 0.256 e. The van der Waals surface area contributed by atoms with Gasteiger partial charge >= 0.3 is 0 Å². The number of allylic oxidation sites excluding steroid dienone is 8. The van der Waals surface area contributed by atoms with Gasteiger partial charge in [0.05, 0.1) is 17.4 Å². The Balaban J connectivity index is 1.76. The zero-order valence-corrected chi connectivity index (χ0v) is 12.0. The van der Waals surface area contributed by atoms with E-state index in [-0.39, 0.29) is 11.8 Å². The quantitative estimate of drug-likeness (QED) is 0.504. The van der Waals surface area contributed by atoms with Crippen LogP contribution in [0.15, 0.2) is 66.9 Å². The lowest BCUT2D eigenvalue weighted by atomic mass is 10.1. The average Bonchev–Trinajstić information content (AvgIpc) is 3.17. The first-order valence-corrected chi connectivity index (χ1v) is 7.04. The fraction of sp³-hybridized carbons (Fsp3) is 0.150. The van der Waals surface area contributed by atoms with Crippen LogP contribution in [0.2, 0.25) is 0 Å². The minimum atomic E-state index is 0.241. The largest absolute Gasteiger partial charge is 0.256 e. The average molecular weight is 270 g/mol. The molecule has 0 saturated heterocycles. The maximum absolute atomic E-state index is 3.24. The summed E-state index contributed by atoms with van der Waals surface area (Å²) in [5.74, 6) is 13.4. The van der Waals surface area contributed by atoms with Crippen molar-refractivity contribution in [2.24, 2.45) is 18.9 Å². The summed E-state index contributed by atoms with van der Waals surface area (Å²) in [6.07, 6.45) is 18.5. The molecule has 1 aromatic heterocycles. The van der Waals surface area contributed by atoms with Gasteiger partial charge in [-0.2, -0.15) is 4.57 Å². The van der Waals surface area contributed by atoms with Gasteiger partial charge in [-0.1, -0.05) is 66.4 Å². The van der Waals surface area contributed by atoms with Crippen molar-refractivity contribution in [3.63, 3.8) is 0 Å². The van der Waals surface area contributed by atoms with Crippen LogP contribution in [-0.2, 0) is 7.05 Å². The number of hydrogen-bond donors (Lipinski definition) is 0. The lowest BCUT2D eigenvalue weighted by Gasteiger charge is -1.95. The topological polar surface area (TPSA) is 3.88 Å². The molecule has 0 radical (unpaired) electrons. The molecule has 0 aliphatic heterocycles. The smallest absolute Gasteiger partial charge is 0.193 e. The van der Waals surface area contributed by atoms with Gasteiger partial charge in [-0.3, -0.25) is 0 Å². The standard InChI is InChI=1S/C20H16N/c1-21-16-19(11-10-17-6-2-3-7-17)13-15-20(21)14-12-18-8-4-5-9-18/h2-9,13,15-18H,1H3/q+1. The first kappa shape index (κ1) is 13.2. The summed E-state index contributed by atoms with van der Waals surface area (Å²) >= 11 is 0. The molecule has 0 saturated carbocycles. The van der Waals surface area contributed by atoms with Crippen LogP contribution in [0.4, 0.5) is 0 Å². The molecule has 1 heteroatoms. The van der Waals surface area contributed by atoms with Crippen LogP contribution in [0, 0.1) is 35.5 Å². The van der Waals surface area contributed by atoms with E-state index in [9.17, 15) is 0 Å². The summed E-state index contributed by atoms with van der Waals surface area (Å²) in [5, 5.41) is 0. The van der Waals surface area contributed by atoms with E-state index in [1.165, 1.54) is 0 Å². The Morgan fingerprint density at radius 2 is 1.38 bits per heavy atom. The van der Waals surface area contributed by atoms with E-state index < -0.39 is 0 Å². The summed E-state index contributed by atoms with van der Waals surface area (Å²) in [6.45, 7) is 0. The zero-order valence-electron chi connectivity index (χ0n) is 12.0. The summed E-state index contributed by atoms with van der Waals surface area (Å²) in [4.78, 5) is 0. The molecular formula is C20H16N+. The Kier molecular flexibility index (Phi) is 3.85. The van der Waals surface area contributed by atoms with E-state index >= 15 is 0 Å². The van der Waals surface area contributed by atoms with Gasteiger partial charge in [0.25, 0.3) is 5.69 Å². The third-order valence-electron chi connectivity index (χ3n) is 3.38.